The maximum absolute atomic E-state index is 12.9. The summed E-state index contributed by atoms with van der Waals surface area (Å²) in [5, 5.41) is 9.08. The standard InChI is InChI=1S/C16H20N2O5/c19-15(18-7-10-23-14(11-18)16(20)21)12-3-1-2-4-13(12)17-5-8-22-9-6-17/h1-4,14H,5-11H2,(H,20,21)/t14-/m1/s1. The second-order valence-electron chi connectivity index (χ2n) is 5.57. The van der Waals surface area contributed by atoms with Crippen molar-refractivity contribution in [1.29, 1.82) is 0 Å². The zero-order chi connectivity index (χ0) is 16.2. The van der Waals surface area contributed by atoms with Crippen LogP contribution < -0.4 is 4.90 Å². The molecule has 1 atom stereocenters. The highest BCUT2D eigenvalue weighted by Crippen LogP contribution is 2.23. The molecule has 7 heteroatoms. The predicted octanol–water partition coefficient (Wildman–Crippen LogP) is 0.449. The number of para-hydroxylation sites is 1. The Labute approximate surface area is 134 Å². The van der Waals surface area contributed by atoms with Crippen molar-refractivity contribution in [3.05, 3.63) is 29.8 Å². The monoisotopic (exact) mass is 320 g/mol. The summed E-state index contributed by atoms with van der Waals surface area (Å²) in [5.41, 5.74) is 1.47. The molecule has 1 aromatic rings. The Hall–Kier alpha value is -2.12. The number of carboxylic acids is 1. The quantitative estimate of drug-likeness (QED) is 0.871. The number of anilines is 1. The fraction of sp³-hybridized carbons (Fsp3) is 0.500. The number of morpholine rings is 2. The maximum atomic E-state index is 12.9. The molecule has 2 aliphatic heterocycles. The van der Waals surface area contributed by atoms with Crippen LogP contribution in [0, 0.1) is 0 Å². The highest BCUT2D eigenvalue weighted by atomic mass is 16.5. The van der Waals surface area contributed by atoms with Gasteiger partial charge in [-0.25, -0.2) is 4.79 Å². The lowest BCUT2D eigenvalue weighted by Crippen LogP contribution is -2.49. The zero-order valence-electron chi connectivity index (χ0n) is 12.8. The van der Waals surface area contributed by atoms with Crippen molar-refractivity contribution in [2.24, 2.45) is 0 Å². The number of carbonyl (C=O) groups excluding carboxylic acids is 1. The smallest absolute Gasteiger partial charge is 0.334 e. The van der Waals surface area contributed by atoms with Crippen molar-refractivity contribution >= 4 is 17.6 Å². The number of hydrogen-bond acceptors (Lipinski definition) is 5. The van der Waals surface area contributed by atoms with Gasteiger partial charge in [-0.2, -0.15) is 0 Å². The predicted molar refractivity (Wildman–Crippen MR) is 82.8 cm³/mol. The normalized spacial score (nSPS) is 22.0. The minimum atomic E-state index is -1.04. The van der Waals surface area contributed by atoms with Crippen molar-refractivity contribution in [1.82, 2.24) is 4.90 Å². The SMILES string of the molecule is O=C(O)[C@H]1CN(C(=O)c2ccccc2N2CCOCC2)CCO1. The van der Waals surface area contributed by atoms with Crippen molar-refractivity contribution in [2.45, 2.75) is 6.10 Å². The van der Waals surface area contributed by atoms with Gasteiger partial charge in [0.1, 0.15) is 0 Å². The van der Waals surface area contributed by atoms with Gasteiger partial charge in [0.05, 0.1) is 31.9 Å². The van der Waals surface area contributed by atoms with Gasteiger partial charge in [0.15, 0.2) is 6.10 Å². The molecule has 0 spiro atoms. The first-order valence-electron chi connectivity index (χ1n) is 7.72. The largest absolute Gasteiger partial charge is 0.479 e. The summed E-state index contributed by atoms with van der Waals surface area (Å²) < 4.78 is 10.5. The average Bonchev–Trinajstić information content (AvgIpc) is 2.62. The third kappa shape index (κ3) is 3.46. The number of aliphatic carboxylic acids is 1. The number of carbonyl (C=O) groups is 2. The fourth-order valence-electron chi connectivity index (χ4n) is 2.89. The van der Waals surface area contributed by atoms with Gasteiger partial charge in [0.25, 0.3) is 5.91 Å². The van der Waals surface area contributed by atoms with E-state index in [0.717, 1.165) is 18.8 Å². The van der Waals surface area contributed by atoms with Crippen LogP contribution in [0.5, 0.6) is 0 Å². The van der Waals surface area contributed by atoms with Gasteiger partial charge >= 0.3 is 5.97 Å². The van der Waals surface area contributed by atoms with E-state index in [1.165, 1.54) is 0 Å². The third-order valence-corrected chi connectivity index (χ3v) is 4.12. The molecule has 1 aromatic carbocycles. The number of nitrogens with zero attached hydrogens (tertiary/aromatic N) is 2. The van der Waals surface area contributed by atoms with E-state index in [-0.39, 0.29) is 19.1 Å². The van der Waals surface area contributed by atoms with E-state index in [9.17, 15) is 9.59 Å². The molecule has 0 aliphatic carbocycles. The van der Waals surface area contributed by atoms with Crippen LogP contribution in [0.2, 0.25) is 0 Å². The lowest BCUT2D eigenvalue weighted by Gasteiger charge is -2.34. The molecule has 0 saturated carbocycles. The van der Waals surface area contributed by atoms with E-state index >= 15 is 0 Å². The van der Waals surface area contributed by atoms with Crippen LogP contribution in [0.25, 0.3) is 0 Å². The molecule has 0 radical (unpaired) electrons. The van der Waals surface area contributed by atoms with Crippen LogP contribution in [0.3, 0.4) is 0 Å². The molecular formula is C16H20N2O5. The van der Waals surface area contributed by atoms with Gasteiger partial charge in [-0.05, 0) is 12.1 Å². The molecule has 124 valence electrons. The van der Waals surface area contributed by atoms with Gasteiger partial charge in [-0.1, -0.05) is 12.1 Å². The molecule has 2 saturated heterocycles. The highest BCUT2D eigenvalue weighted by Gasteiger charge is 2.31. The first-order valence-corrected chi connectivity index (χ1v) is 7.72. The second kappa shape index (κ2) is 6.97. The van der Waals surface area contributed by atoms with E-state index in [4.69, 9.17) is 14.6 Å². The van der Waals surface area contributed by atoms with E-state index < -0.39 is 12.1 Å². The molecule has 0 unspecified atom stereocenters. The Morgan fingerprint density at radius 1 is 1.09 bits per heavy atom. The Morgan fingerprint density at radius 2 is 1.83 bits per heavy atom. The molecule has 3 rings (SSSR count). The van der Waals surface area contributed by atoms with E-state index in [1.54, 1.807) is 11.0 Å². The van der Waals surface area contributed by atoms with Gasteiger partial charge in [0, 0.05) is 25.3 Å². The summed E-state index contributed by atoms with van der Waals surface area (Å²) in [6.07, 6.45) is -0.955. The minimum absolute atomic E-state index is 0.0750. The van der Waals surface area contributed by atoms with Crippen LogP contribution in [0.1, 0.15) is 10.4 Å². The molecule has 0 bridgehead atoms. The molecule has 0 aromatic heterocycles. The van der Waals surface area contributed by atoms with Crippen molar-refractivity contribution in [3.63, 3.8) is 0 Å². The molecule has 2 heterocycles. The summed E-state index contributed by atoms with van der Waals surface area (Å²) in [4.78, 5) is 27.6. The first-order chi connectivity index (χ1) is 11.2. The average molecular weight is 320 g/mol. The van der Waals surface area contributed by atoms with Crippen LogP contribution in [0.4, 0.5) is 5.69 Å². The molecule has 2 aliphatic rings. The molecule has 1 N–H and O–H groups in total. The third-order valence-electron chi connectivity index (χ3n) is 4.12. The van der Waals surface area contributed by atoms with Gasteiger partial charge in [0.2, 0.25) is 0 Å². The summed E-state index contributed by atoms with van der Waals surface area (Å²) in [6, 6.07) is 7.44. The Morgan fingerprint density at radius 3 is 2.57 bits per heavy atom. The van der Waals surface area contributed by atoms with Crippen molar-refractivity contribution in [3.8, 4) is 0 Å². The van der Waals surface area contributed by atoms with Gasteiger partial charge in [-0.15, -0.1) is 0 Å². The van der Waals surface area contributed by atoms with E-state index in [0.29, 0.717) is 25.3 Å². The van der Waals surface area contributed by atoms with Gasteiger partial charge < -0.3 is 24.4 Å². The van der Waals surface area contributed by atoms with E-state index in [1.807, 2.05) is 18.2 Å². The van der Waals surface area contributed by atoms with Gasteiger partial charge in [-0.3, -0.25) is 4.79 Å². The molecular weight excluding hydrogens is 300 g/mol. The number of amides is 1. The fourth-order valence-corrected chi connectivity index (χ4v) is 2.89. The molecule has 2 fully saturated rings. The van der Waals surface area contributed by atoms with Crippen LogP contribution in [-0.2, 0) is 14.3 Å². The molecule has 7 nitrogen and oxygen atoms in total. The number of ether oxygens (including phenoxy) is 2. The van der Waals surface area contributed by atoms with Crippen LogP contribution >= 0.6 is 0 Å². The zero-order valence-corrected chi connectivity index (χ0v) is 12.8. The number of hydrogen-bond donors (Lipinski definition) is 1. The Balaban J connectivity index is 1.80. The van der Waals surface area contributed by atoms with Crippen molar-refractivity contribution in [2.75, 3.05) is 50.9 Å². The molecule has 1 amide bonds. The van der Waals surface area contributed by atoms with Crippen molar-refractivity contribution < 1.29 is 24.2 Å². The van der Waals surface area contributed by atoms with Crippen LogP contribution in [0.15, 0.2) is 24.3 Å². The number of rotatable bonds is 3. The maximum Gasteiger partial charge on any atom is 0.334 e. The highest BCUT2D eigenvalue weighted by molar-refractivity contribution is 6.00. The summed E-state index contributed by atoms with van der Waals surface area (Å²) >= 11 is 0. The lowest BCUT2D eigenvalue weighted by molar-refractivity contribution is -0.154. The topological polar surface area (TPSA) is 79.3 Å². The van der Waals surface area contributed by atoms with E-state index in [2.05, 4.69) is 4.90 Å². The Kier molecular flexibility index (Phi) is 4.78. The number of carboxylic acid groups (broad SMARTS) is 1. The second-order valence-corrected chi connectivity index (χ2v) is 5.57. The summed E-state index contributed by atoms with van der Waals surface area (Å²) in [7, 11) is 0. The first kappa shape index (κ1) is 15.8. The number of benzene rings is 1. The minimum Gasteiger partial charge on any atom is -0.479 e. The summed E-state index contributed by atoms with van der Waals surface area (Å²) in [6.45, 7) is 3.48. The molecule has 23 heavy (non-hydrogen) atoms. The van der Waals surface area contributed by atoms with Crippen LogP contribution in [-0.4, -0.2) is 74.0 Å². The summed E-state index contributed by atoms with van der Waals surface area (Å²) in [5.74, 6) is -1.19. The Bertz CT molecular complexity index is 586. The lowest BCUT2D eigenvalue weighted by atomic mass is 10.1.